The minimum Gasteiger partial charge on any atom is -0.476 e. The molecular weight excluding hydrogens is 282 g/mol. The van der Waals surface area contributed by atoms with Crippen molar-refractivity contribution in [3.05, 3.63) is 53.9 Å². The molecule has 0 aliphatic rings. The summed E-state index contributed by atoms with van der Waals surface area (Å²) in [6, 6.07) is 5.13. The summed E-state index contributed by atoms with van der Waals surface area (Å²) >= 11 is 0. The molecular formula is C15H13N5O2. The van der Waals surface area contributed by atoms with Crippen LogP contribution in [0, 0.1) is 13.8 Å². The number of aryl methyl sites for hydroxylation is 2. The highest BCUT2D eigenvalue weighted by Crippen LogP contribution is 2.21. The number of hydrogen-bond acceptors (Lipinski definition) is 5. The van der Waals surface area contributed by atoms with Gasteiger partial charge < -0.3 is 5.11 Å². The number of carboxylic acids is 1. The molecule has 3 heterocycles. The quantitative estimate of drug-likeness (QED) is 0.794. The lowest BCUT2D eigenvalue weighted by Crippen LogP contribution is -2.03. The molecule has 0 aliphatic carbocycles. The third-order valence-corrected chi connectivity index (χ3v) is 3.11. The Balaban J connectivity index is 2.17. The first-order chi connectivity index (χ1) is 10.5. The van der Waals surface area contributed by atoms with E-state index in [1.165, 1.54) is 10.7 Å². The number of carboxylic acid groups (broad SMARTS) is 1. The Bertz CT molecular complexity index is 759. The first kappa shape index (κ1) is 13.9. The van der Waals surface area contributed by atoms with Crippen LogP contribution in [-0.4, -0.2) is 35.8 Å². The Hall–Kier alpha value is -3.09. The Morgan fingerprint density at radius 2 is 1.82 bits per heavy atom. The first-order valence-electron chi connectivity index (χ1n) is 6.60. The molecule has 3 aromatic rings. The van der Waals surface area contributed by atoms with Gasteiger partial charge in [-0.2, -0.15) is 5.10 Å². The third-order valence-electron chi connectivity index (χ3n) is 3.11. The average molecular weight is 295 g/mol. The highest BCUT2D eigenvalue weighted by Gasteiger charge is 2.17. The summed E-state index contributed by atoms with van der Waals surface area (Å²) < 4.78 is 1.51. The number of rotatable bonds is 3. The molecule has 0 radical (unpaired) electrons. The van der Waals surface area contributed by atoms with Crippen molar-refractivity contribution in [2.45, 2.75) is 13.8 Å². The monoisotopic (exact) mass is 295 g/mol. The lowest BCUT2D eigenvalue weighted by atomic mass is 10.2. The SMILES string of the molecule is Cc1ccc(-n2nc(C(=O)O)cc2-c2cnc(C)cn2)cn1. The second kappa shape index (κ2) is 5.36. The predicted molar refractivity (Wildman–Crippen MR) is 78.8 cm³/mol. The second-order valence-corrected chi connectivity index (χ2v) is 4.83. The van der Waals surface area contributed by atoms with E-state index in [9.17, 15) is 9.90 Å². The van der Waals surface area contributed by atoms with Gasteiger partial charge in [0.25, 0.3) is 0 Å². The standard InChI is InChI=1S/C15H13N5O2/c1-9-3-4-11(7-16-9)20-14(5-12(19-20)15(21)22)13-8-17-10(2)6-18-13/h3-8H,1-2H3,(H,21,22). The maximum absolute atomic E-state index is 11.2. The van der Waals surface area contributed by atoms with Gasteiger partial charge in [0.1, 0.15) is 5.69 Å². The van der Waals surface area contributed by atoms with Crippen LogP contribution < -0.4 is 0 Å². The zero-order valence-corrected chi connectivity index (χ0v) is 12.1. The molecule has 110 valence electrons. The Kier molecular flexibility index (Phi) is 3.38. The van der Waals surface area contributed by atoms with E-state index in [4.69, 9.17) is 0 Å². The first-order valence-corrected chi connectivity index (χ1v) is 6.60. The Labute approximate surface area is 126 Å². The number of pyridine rings is 1. The maximum atomic E-state index is 11.2. The maximum Gasteiger partial charge on any atom is 0.356 e. The summed E-state index contributed by atoms with van der Waals surface area (Å²) in [6.07, 6.45) is 4.86. The largest absolute Gasteiger partial charge is 0.476 e. The zero-order valence-electron chi connectivity index (χ0n) is 12.1. The summed E-state index contributed by atoms with van der Waals surface area (Å²) in [4.78, 5) is 23.9. The van der Waals surface area contributed by atoms with Crippen molar-refractivity contribution < 1.29 is 9.90 Å². The minimum absolute atomic E-state index is 0.0575. The van der Waals surface area contributed by atoms with Gasteiger partial charge in [-0.25, -0.2) is 9.48 Å². The Morgan fingerprint density at radius 1 is 1.05 bits per heavy atom. The van der Waals surface area contributed by atoms with Gasteiger partial charge in [0, 0.05) is 18.0 Å². The van der Waals surface area contributed by atoms with Crippen molar-refractivity contribution >= 4 is 5.97 Å². The molecule has 0 atom stereocenters. The van der Waals surface area contributed by atoms with Crippen LogP contribution in [0.25, 0.3) is 17.1 Å². The number of aromatic nitrogens is 5. The third kappa shape index (κ3) is 2.56. The van der Waals surface area contributed by atoms with Crippen LogP contribution in [0.4, 0.5) is 0 Å². The molecule has 7 heteroatoms. The summed E-state index contributed by atoms with van der Waals surface area (Å²) in [5.41, 5.74) is 3.35. The number of aromatic carboxylic acids is 1. The van der Waals surface area contributed by atoms with E-state index in [1.54, 1.807) is 18.6 Å². The van der Waals surface area contributed by atoms with Gasteiger partial charge in [0.2, 0.25) is 0 Å². The fraction of sp³-hybridized carbons (Fsp3) is 0.133. The van der Waals surface area contributed by atoms with E-state index in [-0.39, 0.29) is 5.69 Å². The highest BCUT2D eigenvalue weighted by molar-refractivity contribution is 5.87. The van der Waals surface area contributed by atoms with Crippen LogP contribution in [0.15, 0.2) is 36.8 Å². The van der Waals surface area contributed by atoms with Crippen molar-refractivity contribution in [3.63, 3.8) is 0 Å². The van der Waals surface area contributed by atoms with Crippen LogP contribution >= 0.6 is 0 Å². The van der Waals surface area contributed by atoms with E-state index in [2.05, 4.69) is 20.1 Å². The van der Waals surface area contributed by atoms with E-state index in [0.717, 1.165) is 11.4 Å². The molecule has 3 rings (SSSR count). The van der Waals surface area contributed by atoms with Crippen LogP contribution in [0.3, 0.4) is 0 Å². The minimum atomic E-state index is -1.10. The van der Waals surface area contributed by atoms with Crippen LogP contribution in [-0.2, 0) is 0 Å². The second-order valence-electron chi connectivity index (χ2n) is 4.83. The van der Waals surface area contributed by atoms with Gasteiger partial charge in [-0.3, -0.25) is 15.0 Å². The molecule has 0 aromatic carbocycles. The fourth-order valence-corrected chi connectivity index (χ4v) is 1.98. The molecule has 0 aliphatic heterocycles. The van der Waals surface area contributed by atoms with Crippen LogP contribution in [0.1, 0.15) is 21.9 Å². The topological polar surface area (TPSA) is 93.8 Å². The molecule has 22 heavy (non-hydrogen) atoms. The Morgan fingerprint density at radius 3 is 2.41 bits per heavy atom. The van der Waals surface area contributed by atoms with Crippen molar-refractivity contribution in [1.82, 2.24) is 24.7 Å². The van der Waals surface area contributed by atoms with Crippen LogP contribution in [0.5, 0.6) is 0 Å². The van der Waals surface area contributed by atoms with Crippen molar-refractivity contribution in [3.8, 4) is 17.1 Å². The molecule has 0 saturated carbocycles. The smallest absolute Gasteiger partial charge is 0.356 e. The van der Waals surface area contributed by atoms with E-state index >= 15 is 0 Å². The van der Waals surface area contributed by atoms with E-state index < -0.39 is 5.97 Å². The van der Waals surface area contributed by atoms with E-state index in [1.807, 2.05) is 26.0 Å². The zero-order chi connectivity index (χ0) is 15.7. The summed E-state index contributed by atoms with van der Waals surface area (Å²) in [5, 5.41) is 13.3. The van der Waals surface area contributed by atoms with Gasteiger partial charge >= 0.3 is 5.97 Å². The predicted octanol–water partition coefficient (Wildman–Crippen LogP) is 2.04. The molecule has 0 fully saturated rings. The van der Waals surface area contributed by atoms with Gasteiger partial charge in [0.05, 0.1) is 29.5 Å². The summed E-state index contributed by atoms with van der Waals surface area (Å²) in [6.45, 7) is 3.71. The number of nitrogens with zero attached hydrogens (tertiary/aromatic N) is 5. The number of carbonyl (C=O) groups is 1. The highest BCUT2D eigenvalue weighted by atomic mass is 16.4. The lowest BCUT2D eigenvalue weighted by molar-refractivity contribution is 0.0690. The molecule has 7 nitrogen and oxygen atoms in total. The van der Waals surface area contributed by atoms with Crippen molar-refractivity contribution in [1.29, 1.82) is 0 Å². The van der Waals surface area contributed by atoms with Gasteiger partial charge in [0.15, 0.2) is 5.69 Å². The van der Waals surface area contributed by atoms with E-state index in [0.29, 0.717) is 17.1 Å². The summed E-state index contributed by atoms with van der Waals surface area (Å²) in [7, 11) is 0. The van der Waals surface area contributed by atoms with Gasteiger partial charge in [-0.1, -0.05) is 0 Å². The van der Waals surface area contributed by atoms with Crippen molar-refractivity contribution in [2.24, 2.45) is 0 Å². The van der Waals surface area contributed by atoms with Crippen LogP contribution in [0.2, 0.25) is 0 Å². The van der Waals surface area contributed by atoms with Gasteiger partial charge in [-0.05, 0) is 26.0 Å². The molecule has 0 spiro atoms. The molecule has 0 saturated heterocycles. The molecule has 0 unspecified atom stereocenters. The normalized spacial score (nSPS) is 10.6. The fourth-order valence-electron chi connectivity index (χ4n) is 1.98. The molecule has 0 bridgehead atoms. The summed E-state index contributed by atoms with van der Waals surface area (Å²) in [5.74, 6) is -1.10. The number of hydrogen-bond donors (Lipinski definition) is 1. The molecule has 1 N–H and O–H groups in total. The average Bonchev–Trinajstić information content (AvgIpc) is 2.94. The lowest BCUT2D eigenvalue weighted by Gasteiger charge is -2.06. The van der Waals surface area contributed by atoms with Gasteiger partial charge in [-0.15, -0.1) is 0 Å². The molecule has 3 aromatic heterocycles. The molecule has 0 amide bonds. The van der Waals surface area contributed by atoms with Crippen molar-refractivity contribution in [2.75, 3.05) is 0 Å².